The maximum atomic E-state index is 12.8. The predicted molar refractivity (Wildman–Crippen MR) is 119 cm³/mol. The summed E-state index contributed by atoms with van der Waals surface area (Å²) in [5.74, 6) is -0.526. The quantitative estimate of drug-likeness (QED) is 0.426. The Kier molecular flexibility index (Phi) is 7.94. The number of ether oxygens (including phenoxy) is 1. The van der Waals surface area contributed by atoms with Gasteiger partial charge < -0.3 is 4.74 Å². The number of hydrogen-bond acceptors (Lipinski definition) is 4. The molecule has 0 atom stereocenters. The minimum Gasteiger partial charge on any atom is -0.458 e. The molecule has 160 valence electrons. The fraction of sp³-hybridized carbons (Fsp3) is 0.318. The van der Waals surface area contributed by atoms with Crippen molar-refractivity contribution in [3.63, 3.8) is 0 Å². The van der Waals surface area contributed by atoms with Gasteiger partial charge in [0.25, 0.3) is 0 Å². The van der Waals surface area contributed by atoms with Crippen LogP contribution in [0.5, 0.6) is 0 Å². The zero-order valence-electron chi connectivity index (χ0n) is 16.4. The maximum absolute atomic E-state index is 12.8. The number of esters is 1. The molecule has 8 heteroatoms. The first-order valence-electron chi connectivity index (χ1n) is 9.75. The predicted octanol–water partition coefficient (Wildman–Crippen LogP) is 5.31. The largest absolute Gasteiger partial charge is 0.458 e. The van der Waals surface area contributed by atoms with Gasteiger partial charge in [-0.25, -0.2) is 13.2 Å². The Hall–Kier alpha value is -1.86. The van der Waals surface area contributed by atoms with Gasteiger partial charge in [0.15, 0.2) is 0 Å². The van der Waals surface area contributed by atoms with Gasteiger partial charge in [0.2, 0.25) is 10.0 Å². The summed E-state index contributed by atoms with van der Waals surface area (Å²) in [6.07, 6.45) is 6.79. The summed E-state index contributed by atoms with van der Waals surface area (Å²) in [6, 6.07) is 11.4. The maximum Gasteiger partial charge on any atom is 0.331 e. The van der Waals surface area contributed by atoms with Crippen LogP contribution >= 0.6 is 23.2 Å². The Balaban J connectivity index is 1.59. The van der Waals surface area contributed by atoms with E-state index in [4.69, 9.17) is 27.9 Å². The fourth-order valence-electron chi connectivity index (χ4n) is 3.18. The molecular formula is C22H23Cl2NO4S. The summed E-state index contributed by atoms with van der Waals surface area (Å²) in [5, 5.41) is 0.941. The lowest BCUT2D eigenvalue weighted by Crippen LogP contribution is -2.31. The Morgan fingerprint density at radius 3 is 2.30 bits per heavy atom. The number of benzene rings is 2. The second-order valence-corrected chi connectivity index (χ2v) is 9.85. The first-order chi connectivity index (χ1) is 14.4. The van der Waals surface area contributed by atoms with Gasteiger partial charge >= 0.3 is 5.97 Å². The average Bonchev–Trinajstić information content (AvgIpc) is 3.02. The van der Waals surface area contributed by atoms with E-state index in [1.165, 1.54) is 6.08 Å². The van der Waals surface area contributed by atoms with Crippen LogP contribution in [0, 0.1) is 0 Å². The Bertz CT molecular complexity index is 1010. The van der Waals surface area contributed by atoms with Crippen molar-refractivity contribution in [3.05, 3.63) is 69.7 Å². The average molecular weight is 468 g/mol. The van der Waals surface area contributed by atoms with Crippen LogP contribution in [0.1, 0.15) is 36.8 Å². The summed E-state index contributed by atoms with van der Waals surface area (Å²) in [6.45, 7) is 1.16. The highest BCUT2D eigenvalue weighted by Crippen LogP contribution is 2.22. The second-order valence-electron chi connectivity index (χ2n) is 7.06. The molecule has 1 fully saturated rings. The van der Waals surface area contributed by atoms with Crippen molar-refractivity contribution in [2.24, 2.45) is 0 Å². The molecule has 0 unspecified atom stereocenters. The lowest BCUT2D eigenvalue weighted by atomic mass is 10.2. The summed E-state index contributed by atoms with van der Waals surface area (Å²) >= 11 is 11.9. The molecule has 0 aliphatic carbocycles. The molecule has 0 bridgehead atoms. The van der Waals surface area contributed by atoms with Gasteiger partial charge in [-0.2, -0.15) is 4.31 Å². The zero-order chi connectivity index (χ0) is 21.6. The first-order valence-corrected chi connectivity index (χ1v) is 11.9. The third-order valence-corrected chi connectivity index (χ3v) is 7.38. The van der Waals surface area contributed by atoms with Gasteiger partial charge in [-0.1, -0.05) is 54.2 Å². The highest BCUT2D eigenvalue weighted by molar-refractivity contribution is 7.89. The van der Waals surface area contributed by atoms with Crippen molar-refractivity contribution in [1.82, 2.24) is 4.31 Å². The van der Waals surface area contributed by atoms with Crippen molar-refractivity contribution in [2.45, 2.75) is 37.2 Å². The summed E-state index contributed by atoms with van der Waals surface area (Å²) in [5.41, 5.74) is 1.36. The van der Waals surface area contributed by atoms with Crippen molar-refractivity contribution >= 4 is 45.3 Å². The van der Waals surface area contributed by atoms with Crippen LogP contribution in [0.25, 0.3) is 6.08 Å². The molecule has 1 aliphatic rings. The van der Waals surface area contributed by atoms with Crippen LogP contribution in [-0.2, 0) is 26.2 Å². The molecule has 1 aliphatic heterocycles. The minimum atomic E-state index is -3.48. The van der Waals surface area contributed by atoms with E-state index < -0.39 is 16.0 Å². The van der Waals surface area contributed by atoms with E-state index in [0.29, 0.717) is 34.3 Å². The van der Waals surface area contributed by atoms with Gasteiger partial charge in [-0.15, -0.1) is 0 Å². The van der Waals surface area contributed by atoms with Gasteiger partial charge in [0, 0.05) is 34.8 Å². The summed E-state index contributed by atoms with van der Waals surface area (Å²) < 4.78 is 32.3. The number of nitrogens with zero attached hydrogens (tertiary/aromatic N) is 1. The molecule has 2 aromatic carbocycles. The Morgan fingerprint density at radius 2 is 1.67 bits per heavy atom. The molecule has 2 aromatic rings. The van der Waals surface area contributed by atoms with Crippen LogP contribution in [0.3, 0.4) is 0 Å². The second kappa shape index (κ2) is 10.4. The van der Waals surface area contributed by atoms with E-state index in [1.807, 2.05) is 0 Å². The van der Waals surface area contributed by atoms with Crippen molar-refractivity contribution in [3.8, 4) is 0 Å². The van der Waals surface area contributed by atoms with E-state index in [1.54, 1.807) is 52.8 Å². The normalized spacial score (nSPS) is 15.8. The number of carbonyl (C=O) groups excluding carboxylic acids is 1. The van der Waals surface area contributed by atoms with Gasteiger partial charge in [0.05, 0.1) is 4.90 Å². The van der Waals surface area contributed by atoms with Crippen LogP contribution in [0.2, 0.25) is 10.0 Å². The lowest BCUT2D eigenvalue weighted by molar-refractivity contribution is -0.138. The topological polar surface area (TPSA) is 63.7 Å². The zero-order valence-corrected chi connectivity index (χ0v) is 18.7. The van der Waals surface area contributed by atoms with Crippen LogP contribution < -0.4 is 0 Å². The SMILES string of the molecule is O=C(C=Cc1ccc(S(=O)(=O)N2CCCCCC2)cc1)OCc1ccc(Cl)cc1Cl. The third-order valence-electron chi connectivity index (χ3n) is 4.88. The Labute approximate surface area is 187 Å². The molecule has 0 N–H and O–H groups in total. The van der Waals surface area contributed by atoms with Crippen molar-refractivity contribution in [1.29, 1.82) is 0 Å². The Morgan fingerprint density at radius 1 is 1.00 bits per heavy atom. The van der Waals surface area contributed by atoms with Crippen molar-refractivity contribution < 1.29 is 17.9 Å². The third kappa shape index (κ3) is 6.08. The standard InChI is InChI=1S/C22H23Cl2NO4S/c23-19-9-8-18(21(24)15-19)16-29-22(26)12-7-17-5-10-20(11-6-17)30(27,28)25-13-3-1-2-4-14-25/h5-12,15H,1-4,13-14,16H2. The molecule has 0 saturated carbocycles. The molecule has 1 heterocycles. The van der Waals surface area contributed by atoms with E-state index in [2.05, 4.69) is 0 Å². The highest BCUT2D eigenvalue weighted by Gasteiger charge is 2.24. The highest BCUT2D eigenvalue weighted by atomic mass is 35.5. The van der Waals surface area contributed by atoms with Crippen LogP contribution in [0.4, 0.5) is 0 Å². The molecule has 0 radical (unpaired) electrons. The molecular weight excluding hydrogens is 445 g/mol. The molecule has 30 heavy (non-hydrogen) atoms. The molecule has 3 rings (SSSR count). The van der Waals surface area contributed by atoms with Crippen LogP contribution in [0.15, 0.2) is 53.4 Å². The number of halogens is 2. The van der Waals surface area contributed by atoms with E-state index in [-0.39, 0.29) is 11.5 Å². The van der Waals surface area contributed by atoms with E-state index in [9.17, 15) is 13.2 Å². The number of rotatable bonds is 6. The summed E-state index contributed by atoms with van der Waals surface area (Å²) in [4.78, 5) is 12.2. The smallest absolute Gasteiger partial charge is 0.331 e. The van der Waals surface area contributed by atoms with E-state index >= 15 is 0 Å². The fourth-order valence-corrected chi connectivity index (χ4v) is 5.16. The molecule has 1 saturated heterocycles. The van der Waals surface area contributed by atoms with Crippen LogP contribution in [-0.4, -0.2) is 31.8 Å². The van der Waals surface area contributed by atoms with Gasteiger partial charge in [-0.3, -0.25) is 0 Å². The minimum absolute atomic E-state index is 0.0339. The molecule has 0 aromatic heterocycles. The number of sulfonamides is 1. The van der Waals surface area contributed by atoms with Gasteiger partial charge in [0.1, 0.15) is 6.61 Å². The number of hydrogen-bond donors (Lipinski definition) is 0. The van der Waals surface area contributed by atoms with E-state index in [0.717, 1.165) is 25.7 Å². The lowest BCUT2D eigenvalue weighted by Gasteiger charge is -2.19. The first kappa shape index (κ1) is 22.8. The molecule has 0 spiro atoms. The summed E-state index contributed by atoms with van der Waals surface area (Å²) in [7, 11) is -3.48. The van der Waals surface area contributed by atoms with Crippen molar-refractivity contribution in [2.75, 3.05) is 13.1 Å². The molecule has 5 nitrogen and oxygen atoms in total. The monoisotopic (exact) mass is 467 g/mol. The number of carbonyl (C=O) groups is 1. The molecule has 0 amide bonds. The van der Waals surface area contributed by atoms with Gasteiger partial charge in [-0.05, 0) is 48.7 Å².